The molecule has 0 aliphatic carbocycles. The SMILES string of the molecule is CCCCCCCCCCCC(CN1CCCCC1)N1CCCCC1. The number of hydrogen-bond donors (Lipinski definition) is 0. The summed E-state index contributed by atoms with van der Waals surface area (Å²) in [6.45, 7) is 9.13. The second-order valence-electron chi connectivity index (χ2n) is 8.73. The molecule has 0 aromatic carbocycles. The van der Waals surface area contributed by atoms with Crippen molar-refractivity contribution in [1.29, 1.82) is 0 Å². The van der Waals surface area contributed by atoms with E-state index in [1.54, 1.807) is 0 Å². The number of unbranched alkanes of at least 4 members (excludes halogenated alkanes) is 8. The molecule has 0 aromatic heterocycles. The fourth-order valence-corrected chi connectivity index (χ4v) is 4.80. The molecule has 0 saturated carbocycles. The molecule has 0 bridgehead atoms. The molecule has 2 rings (SSSR count). The third-order valence-corrected chi connectivity index (χ3v) is 6.47. The monoisotopic (exact) mass is 350 g/mol. The van der Waals surface area contributed by atoms with Crippen LogP contribution in [0.2, 0.25) is 0 Å². The normalized spacial score (nSPS) is 21.5. The highest BCUT2D eigenvalue weighted by atomic mass is 15.2. The molecule has 2 nitrogen and oxygen atoms in total. The predicted octanol–water partition coefficient (Wildman–Crippen LogP) is 6.25. The summed E-state index contributed by atoms with van der Waals surface area (Å²) < 4.78 is 0. The van der Waals surface area contributed by atoms with E-state index in [2.05, 4.69) is 16.7 Å². The van der Waals surface area contributed by atoms with E-state index < -0.39 is 0 Å². The Hall–Kier alpha value is -0.0800. The Labute approximate surface area is 158 Å². The predicted molar refractivity (Wildman–Crippen MR) is 111 cm³/mol. The van der Waals surface area contributed by atoms with Crippen LogP contribution in [-0.2, 0) is 0 Å². The topological polar surface area (TPSA) is 6.48 Å². The van der Waals surface area contributed by atoms with Gasteiger partial charge in [0.1, 0.15) is 0 Å². The van der Waals surface area contributed by atoms with Crippen LogP contribution in [0.15, 0.2) is 0 Å². The Kier molecular flexibility index (Phi) is 11.9. The summed E-state index contributed by atoms with van der Waals surface area (Å²) in [4.78, 5) is 5.62. The van der Waals surface area contributed by atoms with E-state index in [0.29, 0.717) is 0 Å². The summed E-state index contributed by atoms with van der Waals surface area (Å²) in [5, 5.41) is 0. The minimum atomic E-state index is 0.850. The fraction of sp³-hybridized carbons (Fsp3) is 1.00. The average molecular weight is 351 g/mol. The van der Waals surface area contributed by atoms with Crippen LogP contribution in [0, 0.1) is 0 Å². The summed E-state index contributed by atoms with van der Waals surface area (Å²) in [7, 11) is 0. The van der Waals surface area contributed by atoms with E-state index in [4.69, 9.17) is 0 Å². The molecule has 0 amide bonds. The van der Waals surface area contributed by atoms with Gasteiger partial charge in [-0.05, 0) is 58.3 Å². The van der Waals surface area contributed by atoms with E-state index in [-0.39, 0.29) is 0 Å². The first-order valence-corrected chi connectivity index (χ1v) is 11.9. The zero-order chi connectivity index (χ0) is 17.6. The van der Waals surface area contributed by atoms with Crippen molar-refractivity contribution in [2.75, 3.05) is 32.7 Å². The van der Waals surface area contributed by atoms with Gasteiger partial charge in [0.2, 0.25) is 0 Å². The van der Waals surface area contributed by atoms with E-state index in [0.717, 1.165) is 6.04 Å². The van der Waals surface area contributed by atoms with E-state index >= 15 is 0 Å². The molecule has 148 valence electrons. The molecule has 1 atom stereocenters. The molecule has 2 heterocycles. The van der Waals surface area contributed by atoms with Crippen LogP contribution < -0.4 is 0 Å². The number of nitrogens with zero attached hydrogens (tertiary/aromatic N) is 2. The Morgan fingerprint density at radius 1 is 0.600 bits per heavy atom. The van der Waals surface area contributed by atoms with Gasteiger partial charge in [0.15, 0.2) is 0 Å². The molecule has 1 unspecified atom stereocenters. The molecule has 25 heavy (non-hydrogen) atoms. The quantitative estimate of drug-likeness (QED) is 0.362. The van der Waals surface area contributed by atoms with Crippen LogP contribution in [-0.4, -0.2) is 48.6 Å². The van der Waals surface area contributed by atoms with Gasteiger partial charge in [-0.25, -0.2) is 0 Å². The molecule has 2 aliphatic heterocycles. The van der Waals surface area contributed by atoms with Crippen molar-refractivity contribution in [2.45, 2.75) is 116 Å². The Balaban J connectivity index is 1.60. The van der Waals surface area contributed by atoms with Gasteiger partial charge >= 0.3 is 0 Å². The maximum Gasteiger partial charge on any atom is 0.0223 e. The third-order valence-electron chi connectivity index (χ3n) is 6.47. The highest BCUT2D eigenvalue weighted by molar-refractivity contribution is 4.79. The van der Waals surface area contributed by atoms with Crippen molar-refractivity contribution in [3.8, 4) is 0 Å². The van der Waals surface area contributed by atoms with Gasteiger partial charge in [0.25, 0.3) is 0 Å². The Morgan fingerprint density at radius 2 is 1.12 bits per heavy atom. The summed E-state index contributed by atoms with van der Waals surface area (Å²) in [6, 6.07) is 0.850. The number of likely N-dealkylation sites (tertiary alicyclic amines) is 2. The maximum absolute atomic E-state index is 2.85. The van der Waals surface area contributed by atoms with Crippen molar-refractivity contribution >= 4 is 0 Å². The number of piperidine rings is 2. The number of hydrogen-bond acceptors (Lipinski definition) is 2. The fourth-order valence-electron chi connectivity index (χ4n) is 4.80. The van der Waals surface area contributed by atoms with Gasteiger partial charge in [0.05, 0.1) is 0 Å². The van der Waals surface area contributed by atoms with Crippen LogP contribution in [0.4, 0.5) is 0 Å². The van der Waals surface area contributed by atoms with Crippen LogP contribution >= 0.6 is 0 Å². The molecule has 0 N–H and O–H groups in total. The lowest BCUT2D eigenvalue weighted by Gasteiger charge is -2.39. The van der Waals surface area contributed by atoms with E-state index in [9.17, 15) is 0 Å². The van der Waals surface area contributed by atoms with Crippen molar-refractivity contribution in [2.24, 2.45) is 0 Å². The highest BCUT2D eigenvalue weighted by Crippen LogP contribution is 2.20. The van der Waals surface area contributed by atoms with Crippen LogP contribution in [0.1, 0.15) is 110 Å². The van der Waals surface area contributed by atoms with Crippen LogP contribution in [0.5, 0.6) is 0 Å². The Bertz CT molecular complexity index is 292. The second kappa shape index (κ2) is 14.0. The van der Waals surface area contributed by atoms with Gasteiger partial charge in [0, 0.05) is 12.6 Å². The van der Waals surface area contributed by atoms with Gasteiger partial charge in [-0.2, -0.15) is 0 Å². The van der Waals surface area contributed by atoms with Gasteiger partial charge in [-0.1, -0.05) is 77.6 Å². The van der Waals surface area contributed by atoms with Crippen molar-refractivity contribution < 1.29 is 0 Å². The first kappa shape index (κ1) is 21.2. The highest BCUT2D eigenvalue weighted by Gasteiger charge is 2.23. The summed E-state index contributed by atoms with van der Waals surface area (Å²) in [5.74, 6) is 0. The zero-order valence-corrected chi connectivity index (χ0v) is 17.3. The Morgan fingerprint density at radius 3 is 1.72 bits per heavy atom. The van der Waals surface area contributed by atoms with Gasteiger partial charge < -0.3 is 4.90 Å². The molecule has 2 aliphatic rings. The molecular formula is C23H46N2. The molecule has 0 aromatic rings. The number of rotatable bonds is 13. The van der Waals surface area contributed by atoms with Crippen LogP contribution in [0.3, 0.4) is 0 Å². The van der Waals surface area contributed by atoms with E-state index in [1.807, 2.05) is 0 Å². The van der Waals surface area contributed by atoms with E-state index in [1.165, 1.54) is 135 Å². The second-order valence-corrected chi connectivity index (χ2v) is 8.73. The smallest absolute Gasteiger partial charge is 0.0223 e. The lowest BCUT2D eigenvalue weighted by Crippen LogP contribution is -2.47. The summed E-state index contributed by atoms with van der Waals surface area (Å²) in [6.07, 6.45) is 23.2. The minimum absolute atomic E-state index is 0.850. The molecule has 2 saturated heterocycles. The van der Waals surface area contributed by atoms with Crippen molar-refractivity contribution in [3.63, 3.8) is 0 Å². The maximum atomic E-state index is 2.85. The summed E-state index contributed by atoms with van der Waals surface area (Å²) >= 11 is 0. The van der Waals surface area contributed by atoms with Crippen molar-refractivity contribution in [1.82, 2.24) is 9.80 Å². The molecule has 0 radical (unpaired) electrons. The molecule has 0 spiro atoms. The molecular weight excluding hydrogens is 304 g/mol. The lowest BCUT2D eigenvalue weighted by molar-refractivity contribution is 0.101. The first-order valence-electron chi connectivity index (χ1n) is 11.9. The van der Waals surface area contributed by atoms with Gasteiger partial charge in [-0.15, -0.1) is 0 Å². The van der Waals surface area contributed by atoms with Crippen LogP contribution in [0.25, 0.3) is 0 Å². The third kappa shape index (κ3) is 9.43. The molecule has 2 fully saturated rings. The van der Waals surface area contributed by atoms with Gasteiger partial charge in [-0.3, -0.25) is 4.90 Å². The standard InChI is InChI=1S/C23H46N2/c1-2-3-4-5-6-7-8-9-12-17-23(25-20-15-11-16-21-25)22-24-18-13-10-14-19-24/h23H,2-22H2,1H3. The zero-order valence-electron chi connectivity index (χ0n) is 17.3. The lowest BCUT2D eigenvalue weighted by atomic mass is 10.00. The minimum Gasteiger partial charge on any atom is -0.302 e. The molecule has 2 heteroatoms. The summed E-state index contributed by atoms with van der Waals surface area (Å²) in [5.41, 5.74) is 0. The first-order chi connectivity index (χ1) is 12.4. The largest absolute Gasteiger partial charge is 0.302 e. The average Bonchev–Trinajstić information content (AvgIpc) is 2.67. The van der Waals surface area contributed by atoms with Crippen molar-refractivity contribution in [3.05, 3.63) is 0 Å².